The molecule has 0 fully saturated rings. The van der Waals surface area contributed by atoms with Gasteiger partial charge in [0.05, 0.1) is 0 Å². The van der Waals surface area contributed by atoms with Gasteiger partial charge in [0.25, 0.3) is 5.69 Å². The summed E-state index contributed by atoms with van der Waals surface area (Å²) in [5.74, 6) is 0. The van der Waals surface area contributed by atoms with Crippen molar-refractivity contribution in [2.24, 2.45) is 0 Å². The van der Waals surface area contributed by atoms with E-state index in [1.165, 1.54) is 0 Å². The predicted molar refractivity (Wildman–Crippen MR) is 40.0 cm³/mol. The Hall–Kier alpha value is -1.31. The molecule has 0 aliphatic rings. The summed E-state index contributed by atoms with van der Waals surface area (Å²) in [4.78, 5) is 0. The SMILES string of the molecule is C=[N+](O)c1ccccc1C. The van der Waals surface area contributed by atoms with Gasteiger partial charge < -0.3 is 0 Å². The molecule has 0 amide bonds. The first kappa shape index (κ1) is 6.81. The van der Waals surface area contributed by atoms with E-state index in [0.717, 1.165) is 16.0 Å². The minimum Gasteiger partial charge on any atom is -0.285 e. The quantitative estimate of drug-likeness (QED) is 0.270. The molecule has 0 atom stereocenters. The van der Waals surface area contributed by atoms with Gasteiger partial charge in [0.1, 0.15) is 0 Å². The molecule has 2 nitrogen and oxygen atoms in total. The fraction of sp³-hybridized carbons (Fsp3) is 0.125. The van der Waals surface area contributed by atoms with E-state index < -0.39 is 0 Å². The van der Waals surface area contributed by atoms with Crippen molar-refractivity contribution in [2.45, 2.75) is 6.92 Å². The summed E-state index contributed by atoms with van der Waals surface area (Å²) < 4.78 is 0.870. The minimum absolute atomic E-state index is 0.738. The molecule has 0 spiro atoms. The Morgan fingerprint density at radius 3 is 2.40 bits per heavy atom. The molecule has 1 rings (SSSR count). The van der Waals surface area contributed by atoms with E-state index in [2.05, 4.69) is 6.72 Å². The van der Waals surface area contributed by atoms with E-state index in [-0.39, 0.29) is 0 Å². The number of para-hydroxylation sites is 1. The largest absolute Gasteiger partial charge is 0.285 e. The van der Waals surface area contributed by atoms with Gasteiger partial charge in [-0.25, -0.2) is 0 Å². The van der Waals surface area contributed by atoms with Gasteiger partial charge >= 0.3 is 0 Å². The second-order valence-corrected chi connectivity index (χ2v) is 2.19. The highest BCUT2D eigenvalue weighted by Crippen LogP contribution is 2.13. The summed E-state index contributed by atoms with van der Waals surface area (Å²) in [6.45, 7) is 5.28. The van der Waals surface area contributed by atoms with Crippen molar-refractivity contribution >= 4 is 12.4 Å². The Balaban J connectivity index is 3.15. The standard InChI is InChI=1S/C8H10NO/c1-7-5-3-4-6-8(7)9(2)10/h3-6,10H,2H2,1H3/q+1. The van der Waals surface area contributed by atoms with Gasteiger partial charge in [0, 0.05) is 16.4 Å². The summed E-state index contributed by atoms with van der Waals surface area (Å²) in [5, 5.41) is 8.93. The van der Waals surface area contributed by atoms with Crippen LogP contribution in [-0.2, 0) is 0 Å². The second kappa shape index (κ2) is 2.52. The molecule has 2 heteroatoms. The lowest BCUT2D eigenvalue weighted by Crippen LogP contribution is -1.95. The summed E-state index contributed by atoms with van der Waals surface area (Å²) >= 11 is 0. The molecule has 1 N–H and O–H groups in total. The van der Waals surface area contributed by atoms with Crippen LogP contribution in [0.25, 0.3) is 0 Å². The maximum atomic E-state index is 8.93. The zero-order valence-electron chi connectivity index (χ0n) is 5.91. The van der Waals surface area contributed by atoms with E-state index in [0.29, 0.717) is 0 Å². The summed E-state index contributed by atoms with van der Waals surface area (Å²) in [5.41, 5.74) is 1.75. The lowest BCUT2D eigenvalue weighted by Gasteiger charge is -1.93. The molecule has 1 aromatic carbocycles. The normalized spacial score (nSPS) is 9.30. The molecular weight excluding hydrogens is 126 g/mol. The Bertz CT molecular complexity index is 255. The van der Waals surface area contributed by atoms with Gasteiger partial charge in [0.2, 0.25) is 0 Å². The Morgan fingerprint density at radius 1 is 1.40 bits per heavy atom. The van der Waals surface area contributed by atoms with Crippen molar-refractivity contribution in [3.8, 4) is 0 Å². The predicted octanol–water partition coefficient (Wildman–Crippen LogP) is 1.73. The van der Waals surface area contributed by atoms with Gasteiger partial charge in [-0.05, 0) is 6.92 Å². The van der Waals surface area contributed by atoms with Crippen LogP contribution < -0.4 is 0 Å². The minimum atomic E-state index is 0.738. The van der Waals surface area contributed by atoms with Crippen molar-refractivity contribution in [2.75, 3.05) is 0 Å². The Morgan fingerprint density at radius 2 is 2.00 bits per heavy atom. The lowest BCUT2D eigenvalue weighted by atomic mass is 10.2. The molecule has 52 valence electrons. The van der Waals surface area contributed by atoms with Gasteiger partial charge in [-0.15, -0.1) is 0 Å². The molecule has 0 radical (unpaired) electrons. The average Bonchev–Trinajstić information content (AvgIpc) is 1.88. The van der Waals surface area contributed by atoms with Crippen molar-refractivity contribution in [1.29, 1.82) is 0 Å². The Kier molecular flexibility index (Phi) is 1.71. The summed E-state index contributed by atoms with van der Waals surface area (Å²) in [6, 6.07) is 7.51. The zero-order chi connectivity index (χ0) is 7.56. The lowest BCUT2D eigenvalue weighted by molar-refractivity contribution is -0.706. The fourth-order valence-corrected chi connectivity index (χ4v) is 0.853. The molecule has 1 aromatic rings. The van der Waals surface area contributed by atoms with Crippen LogP contribution in [0.1, 0.15) is 5.56 Å². The molecule has 0 heterocycles. The number of nitrogens with zero attached hydrogens (tertiary/aromatic N) is 1. The molecule has 0 aliphatic heterocycles. The van der Waals surface area contributed by atoms with E-state index >= 15 is 0 Å². The van der Waals surface area contributed by atoms with Crippen molar-refractivity contribution in [1.82, 2.24) is 0 Å². The smallest absolute Gasteiger partial charge is 0.259 e. The first-order valence-corrected chi connectivity index (χ1v) is 3.07. The zero-order valence-corrected chi connectivity index (χ0v) is 5.91. The first-order valence-electron chi connectivity index (χ1n) is 3.07. The molecular formula is C8H10NO+. The van der Waals surface area contributed by atoms with Gasteiger partial charge in [-0.1, -0.05) is 18.2 Å². The van der Waals surface area contributed by atoms with E-state index in [9.17, 15) is 0 Å². The average molecular weight is 136 g/mol. The van der Waals surface area contributed by atoms with Crippen LogP contribution in [0.2, 0.25) is 0 Å². The first-order chi connectivity index (χ1) is 4.72. The van der Waals surface area contributed by atoms with Crippen LogP contribution in [0.5, 0.6) is 0 Å². The highest BCUT2D eigenvalue weighted by Gasteiger charge is 2.05. The monoisotopic (exact) mass is 136 g/mol. The number of benzene rings is 1. The maximum Gasteiger partial charge on any atom is 0.259 e. The van der Waals surface area contributed by atoms with Gasteiger partial charge in [-0.3, -0.25) is 5.21 Å². The highest BCUT2D eigenvalue weighted by molar-refractivity contribution is 5.40. The molecule has 0 saturated carbocycles. The molecule has 0 aromatic heterocycles. The summed E-state index contributed by atoms with van der Waals surface area (Å²) in [6.07, 6.45) is 0. The van der Waals surface area contributed by atoms with Crippen molar-refractivity contribution < 1.29 is 9.95 Å². The molecule has 0 bridgehead atoms. The third-order valence-corrected chi connectivity index (χ3v) is 1.39. The topological polar surface area (TPSA) is 23.2 Å². The van der Waals surface area contributed by atoms with Crippen molar-refractivity contribution in [3.05, 3.63) is 29.8 Å². The third-order valence-electron chi connectivity index (χ3n) is 1.39. The third kappa shape index (κ3) is 1.16. The van der Waals surface area contributed by atoms with Crippen LogP contribution >= 0.6 is 0 Å². The molecule has 0 aliphatic carbocycles. The number of hydrogen-bond acceptors (Lipinski definition) is 1. The highest BCUT2D eigenvalue weighted by atomic mass is 16.5. The summed E-state index contributed by atoms with van der Waals surface area (Å²) in [7, 11) is 0. The number of hydrogen-bond donors (Lipinski definition) is 1. The molecule has 10 heavy (non-hydrogen) atoms. The van der Waals surface area contributed by atoms with Gasteiger partial charge in [-0.2, -0.15) is 0 Å². The van der Waals surface area contributed by atoms with Gasteiger partial charge in [0.15, 0.2) is 6.72 Å². The second-order valence-electron chi connectivity index (χ2n) is 2.19. The molecule has 0 saturated heterocycles. The van der Waals surface area contributed by atoms with E-state index in [1.54, 1.807) is 0 Å². The number of rotatable bonds is 1. The molecule has 0 unspecified atom stereocenters. The van der Waals surface area contributed by atoms with Crippen LogP contribution in [-0.4, -0.2) is 16.7 Å². The van der Waals surface area contributed by atoms with Crippen LogP contribution in [0.3, 0.4) is 0 Å². The maximum absolute atomic E-state index is 8.93. The Labute approximate surface area is 60.0 Å². The van der Waals surface area contributed by atoms with Crippen LogP contribution in [0.15, 0.2) is 24.3 Å². The fourth-order valence-electron chi connectivity index (χ4n) is 0.853. The van der Waals surface area contributed by atoms with E-state index in [4.69, 9.17) is 5.21 Å². The van der Waals surface area contributed by atoms with E-state index in [1.807, 2.05) is 31.2 Å². The van der Waals surface area contributed by atoms with Crippen LogP contribution in [0, 0.1) is 6.92 Å². The van der Waals surface area contributed by atoms with Crippen molar-refractivity contribution in [3.63, 3.8) is 0 Å². The van der Waals surface area contributed by atoms with Crippen LogP contribution in [0.4, 0.5) is 5.69 Å². The number of aryl methyl sites for hydroxylation is 1.